The molecule has 2 aromatic rings. The number of hydrogen-bond acceptors (Lipinski definition) is 6. The van der Waals surface area contributed by atoms with E-state index < -0.39 is 35.3 Å². The number of nitrogens with zero attached hydrogens (tertiary/aromatic N) is 1. The molecule has 2 aliphatic rings. The number of carbonyl (C=O) groups is 3. The lowest BCUT2D eigenvalue weighted by molar-refractivity contribution is -0.152. The average molecular weight is 422 g/mol. The number of carbonyl (C=O) groups excluding carboxylic acids is 3. The third kappa shape index (κ3) is 3.29. The molecule has 0 aromatic heterocycles. The number of hydrogen-bond donors (Lipinski definition) is 2. The number of unbranched alkanes of at least 4 members (excludes halogenated alkanes) is 1. The normalized spacial score (nSPS) is 27.4. The number of aromatic hydroxyl groups is 1. The molecule has 162 valence electrons. The molecular weight excluding hydrogens is 396 g/mol. The zero-order valence-corrected chi connectivity index (χ0v) is 17.6. The smallest absolute Gasteiger partial charge is 0.326 e. The van der Waals surface area contributed by atoms with Crippen LogP contribution in [-0.2, 0) is 19.1 Å². The van der Waals surface area contributed by atoms with Crippen LogP contribution in [0.4, 0.5) is 5.69 Å². The van der Waals surface area contributed by atoms with Gasteiger partial charge in [-0.15, -0.1) is 0 Å². The number of imide groups is 1. The highest BCUT2D eigenvalue weighted by Crippen LogP contribution is 2.51. The average Bonchev–Trinajstić information content (AvgIpc) is 3.27. The molecule has 2 aromatic carbocycles. The van der Waals surface area contributed by atoms with Crippen molar-refractivity contribution >= 4 is 23.5 Å². The van der Waals surface area contributed by atoms with Crippen LogP contribution in [-0.4, -0.2) is 35.5 Å². The van der Waals surface area contributed by atoms with Gasteiger partial charge in [0.05, 0.1) is 24.6 Å². The van der Waals surface area contributed by atoms with Gasteiger partial charge < -0.3 is 9.84 Å². The Morgan fingerprint density at radius 1 is 1.10 bits per heavy atom. The van der Waals surface area contributed by atoms with E-state index in [2.05, 4.69) is 5.32 Å². The SMILES string of the molecule is CCCC[C@@]1(C(=O)OC)N[C@@H](c2ccc(O)cc2)[C@H]2C(=O)N(c3ccccc3)C(=O)[C@H]21. The Hall–Kier alpha value is -3.19. The summed E-state index contributed by atoms with van der Waals surface area (Å²) in [7, 11) is 1.30. The zero-order chi connectivity index (χ0) is 22.2. The van der Waals surface area contributed by atoms with Crippen LogP contribution in [0.15, 0.2) is 54.6 Å². The van der Waals surface area contributed by atoms with Crippen molar-refractivity contribution in [2.75, 3.05) is 12.0 Å². The quantitative estimate of drug-likeness (QED) is 0.549. The van der Waals surface area contributed by atoms with E-state index >= 15 is 0 Å². The van der Waals surface area contributed by atoms with Crippen LogP contribution >= 0.6 is 0 Å². The van der Waals surface area contributed by atoms with Gasteiger partial charge in [0, 0.05) is 6.04 Å². The van der Waals surface area contributed by atoms with Gasteiger partial charge in [-0.2, -0.15) is 0 Å². The van der Waals surface area contributed by atoms with Crippen LogP contribution in [0, 0.1) is 11.8 Å². The molecule has 2 saturated heterocycles. The predicted octanol–water partition coefficient (Wildman–Crippen LogP) is 2.94. The second kappa shape index (κ2) is 8.15. The van der Waals surface area contributed by atoms with E-state index in [1.165, 1.54) is 24.1 Å². The Morgan fingerprint density at radius 2 is 1.77 bits per heavy atom. The molecule has 0 unspecified atom stereocenters. The van der Waals surface area contributed by atoms with Gasteiger partial charge in [0.15, 0.2) is 0 Å². The molecule has 4 atom stereocenters. The van der Waals surface area contributed by atoms with Crippen LogP contribution in [0.2, 0.25) is 0 Å². The molecule has 31 heavy (non-hydrogen) atoms. The number of amides is 2. The highest BCUT2D eigenvalue weighted by atomic mass is 16.5. The van der Waals surface area contributed by atoms with Gasteiger partial charge in [-0.25, -0.2) is 4.90 Å². The summed E-state index contributed by atoms with van der Waals surface area (Å²) in [6.07, 6.45) is 1.90. The third-order valence-electron chi connectivity index (χ3n) is 6.40. The molecule has 2 fully saturated rings. The molecule has 2 heterocycles. The molecule has 2 amide bonds. The van der Waals surface area contributed by atoms with E-state index in [0.717, 1.165) is 12.0 Å². The molecule has 2 N–H and O–H groups in total. The summed E-state index contributed by atoms with van der Waals surface area (Å²) in [6.45, 7) is 2.01. The second-order valence-electron chi connectivity index (χ2n) is 8.13. The van der Waals surface area contributed by atoms with Crippen molar-refractivity contribution in [1.29, 1.82) is 0 Å². The van der Waals surface area contributed by atoms with Gasteiger partial charge in [0.2, 0.25) is 11.8 Å². The van der Waals surface area contributed by atoms with Gasteiger partial charge in [0.1, 0.15) is 11.3 Å². The largest absolute Gasteiger partial charge is 0.508 e. The maximum Gasteiger partial charge on any atom is 0.326 e. The molecule has 7 nitrogen and oxygen atoms in total. The topological polar surface area (TPSA) is 95.9 Å². The number of phenols is 1. The summed E-state index contributed by atoms with van der Waals surface area (Å²) < 4.78 is 5.15. The van der Waals surface area contributed by atoms with E-state index in [1.807, 2.05) is 13.0 Å². The van der Waals surface area contributed by atoms with E-state index in [0.29, 0.717) is 18.5 Å². The molecule has 2 aliphatic heterocycles. The fourth-order valence-corrected chi connectivity index (χ4v) is 4.96. The molecular formula is C24H26N2O5. The van der Waals surface area contributed by atoms with E-state index in [9.17, 15) is 19.5 Å². The standard InChI is InChI=1S/C24H26N2O5/c1-3-4-14-24(23(30)31-2)19-18(20(25-24)15-10-12-17(27)13-11-15)21(28)26(22(19)29)16-8-6-5-7-9-16/h5-13,18-20,25,27H,3-4,14H2,1-2H3/t18-,19-,20-,24+/m0/s1. The Bertz CT molecular complexity index is 991. The van der Waals surface area contributed by atoms with Crippen molar-refractivity contribution < 1.29 is 24.2 Å². The summed E-state index contributed by atoms with van der Waals surface area (Å²) in [4.78, 5) is 41.5. The minimum absolute atomic E-state index is 0.100. The monoisotopic (exact) mass is 422 g/mol. The van der Waals surface area contributed by atoms with Crippen molar-refractivity contribution in [2.24, 2.45) is 11.8 Å². The lowest BCUT2D eigenvalue weighted by atomic mass is 9.76. The van der Waals surface area contributed by atoms with Crippen molar-refractivity contribution in [3.05, 3.63) is 60.2 Å². The Kier molecular flexibility index (Phi) is 5.54. The Labute approximate surface area is 181 Å². The summed E-state index contributed by atoms with van der Waals surface area (Å²) >= 11 is 0. The van der Waals surface area contributed by atoms with Crippen molar-refractivity contribution in [1.82, 2.24) is 5.32 Å². The Morgan fingerprint density at radius 3 is 2.39 bits per heavy atom. The first kappa shape index (κ1) is 21.1. The maximum atomic E-state index is 13.6. The minimum Gasteiger partial charge on any atom is -0.508 e. The van der Waals surface area contributed by atoms with Crippen molar-refractivity contribution in [3.63, 3.8) is 0 Å². The number of fused-ring (bicyclic) bond motifs is 1. The van der Waals surface area contributed by atoms with Gasteiger partial charge >= 0.3 is 5.97 Å². The first-order chi connectivity index (χ1) is 14.9. The molecule has 0 radical (unpaired) electrons. The number of para-hydroxylation sites is 1. The highest BCUT2D eigenvalue weighted by molar-refractivity contribution is 6.24. The van der Waals surface area contributed by atoms with Crippen LogP contribution in [0.5, 0.6) is 5.75 Å². The molecule has 0 bridgehead atoms. The van der Waals surface area contributed by atoms with E-state index in [4.69, 9.17) is 4.74 Å². The number of ether oxygens (including phenoxy) is 1. The maximum absolute atomic E-state index is 13.6. The predicted molar refractivity (Wildman–Crippen MR) is 114 cm³/mol. The first-order valence-electron chi connectivity index (χ1n) is 10.5. The number of esters is 1. The molecule has 0 spiro atoms. The van der Waals surface area contributed by atoms with Gasteiger partial charge in [-0.1, -0.05) is 50.1 Å². The molecule has 0 saturated carbocycles. The molecule has 4 rings (SSSR count). The summed E-state index contributed by atoms with van der Waals surface area (Å²) in [5.41, 5.74) is -0.0782. The van der Waals surface area contributed by atoms with Crippen LogP contribution in [0.1, 0.15) is 37.8 Å². The first-order valence-corrected chi connectivity index (χ1v) is 10.5. The summed E-state index contributed by atoms with van der Waals surface area (Å²) in [5, 5.41) is 13.0. The lowest BCUT2D eigenvalue weighted by Gasteiger charge is -2.32. The number of nitrogens with one attached hydrogen (secondary N) is 1. The minimum atomic E-state index is -1.30. The van der Waals surface area contributed by atoms with Gasteiger partial charge in [-0.05, 0) is 36.2 Å². The van der Waals surface area contributed by atoms with Gasteiger partial charge in [0.25, 0.3) is 0 Å². The molecule has 7 heteroatoms. The van der Waals surface area contributed by atoms with Gasteiger partial charge in [-0.3, -0.25) is 19.7 Å². The zero-order valence-electron chi connectivity index (χ0n) is 17.6. The number of methoxy groups -OCH3 is 1. The number of anilines is 1. The lowest BCUT2D eigenvalue weighted by Crippen LogP contribution is -2.56. The number of benzene rings is 2. The van der Waals surface area contributed by atoms with Crippen molar-refractivity contribution in [2.45, 2.75) is 37.8 Å². The second-order valence-corrected chi connectivity index (χ2v) is 8.13. The molecule has 0 aliphatic carbocycles. The van der Waals surface area contributed by atoms with E-state index in [-0.39, 0.29) is 11.7 Å². The summed E-state index contributed by atoms with van der Waals surface area (Å²) in [5.74, 6) is -2.80. The Balaban J connectivity index is 1.85. The number of phenolic OH excluding ortho intramolecular Hbond substituents is 1. The van der Waals surface area contributed by atoms with E-state index in [1.54, 1.807) is 36.4 Å². The van der Waals surface area contributed by atoms with Crippen LogP contribution in [0.25, 0.3) is 0 Å². The number of rotatable bonds is 6. The van der Waals surface area contributed by atoms with Crippen LogP contribution in [0.3, 0.4) is 0 Å². The highest BCUT2D eigenvalue weighted by Gasteiger charge is 2.68. The fraction of sp³-hybridized carbons (Fsp3) is 0.375. The van der Waals surface area contributed by atoms with Crippen LogP contribution < -0.4 is 10.2 Å². The summed E-state index contributed by atoms with van der Waals surface area (Å²) in [6, 6.07) is 14.7. The fourth-order valence-electron chi connectivity index (χ4n) is 4.96. The third-order valence-corrected chi connectivity index (χ3v) is 6.40. The van der Waals surface area contributed by atoms with Crippen molar-refractivity contribution in [3.8, 4) is 5.75 Å².